The molecule has 0 spiro atoms. The number of benzene rings is 1. The minimum atomic E-state index is -3.92. The van der Waals surface area contributed by atoms with Crippen molar-refractivity contribution >= 4 is 26.7 Å². The second-order valence-electron chi connectivity index (χ2n) is 3.94. The molecule has 2 aromatic rings. The summed E-state index contributed by atoms with van der Waals surface area (Å²) in [5.74, 6) is -0.487. The van der Waals surface area contributed by atoms with Crippen molar-refractivity contribution in [3.63, 3.8) is 0 Å². The number of hydrogen-bond acceptors (Lipinski definition) is 5. The number of fused-ring (bicyclic) bond motifs is 1. The molecule has 1 aromatic heterocycles. The van der Waals surface area contributed by atoms with Crippen molar-refractivity contribution in [2.75, 3.05) is 6.26 Å². The van der Waals surface area contributed by atoms with Gasteiger partial charge in [-0.3, -0.25) is 10.1 Å². The molecule has 0 amide bonds. The van der Waals surface area contributed by atoms with Gasteiger partial charge in [-0.2, -0.15) is 4.57 Å². The van der Waals surface area contributed by atoms with Gasteiger partial charge in [0.05, 0.1) is 15.0 Å². The van der Waals surface area contributed by atoms with E-state index in [-0.39, 0.29) is 5.69 Å². The number of aryl methyl sites for hydroxylation is 1. The van der Waals surface area contributed by atoms with E-state index in [1.54, 1.807) is 19.2 Å². The summed E-state index contributed by atoms with van der Waals surface area (Å²) in [6.07, 6.45) is 1.89. The van der Waals surface area contributed by atoms with Crippen LogP contribution in [-0.2, 0) is 17.2 Å². The lowest BCUT2D eigenvalue weighted by atomic mass is 10.2. The molecule has 1 aromatic carbocycles. The van der Waals surface area contributed by atoms with Gasteiger partial charge in [0.15, 0.2) is 5.82 Å². The predicted octanol–water partition coefficient (Wildman–Crippen LogP) is 0.873. The molecule has 0 unspecified atom stereocenters. The summed E-state index contributed by atoms with van der Waals surface area (Å²) in [4.78, 5) is 10.2. The Bertz CT molecular complexity index is 753. The molecular weight excluding hydrogens is 291 g/mol. The largest absolute Gasteiger partial charge is 0.748 e. The van der Waals surface area contributed by atoms with Gasteiger partial charge in [0.1, 0.15) is 12.4 Å². The van der Waals surface area contributed by atoms with Crippen molar-refractivity contribution in [1.29, 1.82) is 0 Å². The zero-order valence-electron chi connectivity index (χ0n) is 10.6. The van der Waals surface area contributed by atoms with E-state index in [9.17, 15) is 14.5 Å². The summed E-state index contributed by atoms with van der Waals surface area (Å²) in [5.41, 5.74) is 0.549. The van der Waals surface area contributed by atoms with Crippen molar-refractivity contribution in [1.82, 2.24) is 0 Å². The Morgan fingerprint density at radius 3 is 2.40 bits per heavy atom. The molecular formula is C11H11FN2O5S. The fourth-order valence-corrected chi connectivity index (χ4v) is 1.59. The number of hydrogen-bond donors (Lipinski definition) is 0. The Morgan fingerprint density at radius 2 is 1.90 bits per heavy atom. The zero-order chi connectivity index (χ0) is 15.5. The van der Waals surface area contributed by atoms with Gasteiger partial charge in [-0.25, -0.2) is 12.8 Å². The molecule has 7 nitrogen and oxygen atoms in total. The van der Waals surface area contributed by atoms with Crippen molar-refractivity contribution in [3.8, 4) is 0 Å². The summed E-state index contributed by atoms with van der Waals surface area (Å²) < 4.78 is 41.9. The molecule has 2 rings (SSSR count). The van der Waals surface area contributed by atoms with E-state index in [2.05, 4.69) is 0 Å². The SMILES string of the molecule is CS(=O)(=O)[O-].C[n+]1cc(F)cc2c([N+](=O)[O-])cccc21. The summed E-state index contributed by atoms with van der Waals surface area (Å²) >= 11 is 0. The maximum absolute atomic E-state index is 13.1. The summed E-state index contributed by atoms with van der Waals surface area (Å²) in [6.45, 7) is 0. The van der Waals surface area contributed by atoms with Gasteiger partial charge in [-0.15, -0.1) is 0 Å². The van der Waals surface area contributed by atoms with Crippen LogP contribution >= 0.6 is 0 Å². The van der Waals surface area contributed by atoms with E-state index >= 15 is 0 Å². The first-order valence-corrected chi connectivity index (χ1v) is 7.04. The molecule has 0 saturated heterocycles. The van der Waals surface area contributed by atoms with Crippen molar-refractivity contribution in [3.05, 3.63) is 46.4 Å². The number of nitro benzene ring substituents is 1. The maximum atomic E-state index is 13.1. The molecule has 108 valence electrons. The van der Waals surface area contributed by atoms with E-state index in [4.69, 9.17) is 13.0 Å². The average Bonchev–Trinajstić information content (AvgIpc) is 2.25. The third-order valence-electron chi connectivity index (χ3n) is 2.24. The summed E-state index contributed by atoms with van der Waals surface area (Å²) in [5, 5.41) is 11.0. The number of halogens is 1. The molecule has 0 aliphatic carbocycles. The van der Waals surface area contributed by atoms with Gasteiger partial charge in [-0.05, 0) is 6.07 Å². The number of non-ortho nitro benzene ring substituents is 1. The molecule has 0 aliphatic heterocycles. The minimum Gasteiger partial charge on any atom is -0.748 e. The Labute approximate surface area is 114 Å². The second-order valence-corrected chi connectivity index (χ2v) is 5.35. The van der Waals surface area contributed by atoms with Crippen LogP contribution in [0.3, 0.4) is 0 Å². The van der Waals surface area contributed by atoms with Crippen LogP contribution in [0.4, 0.5) is 10.1 Å². The average molecular weight is 302 g/mol. The second kappa shape index (κ2) is 5.88. The highest BCUT2D eigenvalue weighted by molar-refractivity contribution is 7.84. The Kier molecular flexibility index (Phi) is 4.69. The van der Waals surface area contributed by atoms with Crippen LogP contribution in [0.25, 0.3) is 10.9 Å². The summed E-state index contributed by atoms with van der Waals surface area (Å²) in [7, 11) is -2.27. The number of aromatic nitrogens is 1. The molecule has 0 atom stereocenters. The van der Waals surface area contributed by atoms with Crippen LogP contribution in [0.5, 0.6) is 0 Å². The lowest BCUT2D eigenvalue weighted by molar-refractivity contribution is -0.646. The van der Waals surface area contributed by atoms with Gasteiger partial charge >= 0.3 is 0 Å². The highest BCUT2D eigenvalue weighted by Crippen LogP contribution is 2.23. The third-order valence-corrected chi connectivity index (χ3v) is 2.24. The van der Waals surface area contributed by atoms with Gasteiger partial charge in [0.2, 0.25) is 11.7 Å². The standard InChI is InChI=1S/C10H8FN2O2.CH4O3S/c1-12-6-7(11)5-8-9(12)3-2-4-10(8)13(14)15;1-5(2,3)4/h2-6H,1H3;1H3,(H,2,3,4)/q+1;/p-1. The topological polar surface area (TPSA) is 104 Å². The summed E-state index contributed by atoms with van der Waals surface area (Å²) in [6, 6.07) is 5.83. The highest BCUT2D eigenvalue weighted by Gasteiger charge is 2.17. The van der Waals surface area contributed by atoms with Gasteiger partial charge < -0.3 is 4.55 Å². The van der Waals surface area contributed by atoms with Crippen LogP contribution in [0.15, 0.2) is 30.5 Å². The monoisotopic (exact) mass is 302 g/mol. The third kappa shape index (κ3) is 4.52. The molecule has 0 aliphatic rings. The smallest absolute Gasteiger partial charge is 0.283 e. The van der Waals surface area contributed by atoms with E-state index < -0.39 is 20.9 Å². The molecule has 1 heterocycles. The van der Waals surface area contributed by atoms with Crippen LogP contribution in [0, 0.1) is 15.9 Å². The Balaban J connectivity index is 0.000000347. The first-order valence-electron chi connectivity index (χ1n) is 5.23. The lowest BCUT2D eigenvalue weighted by Crippen LogP contribution is -2.29. The van der Waals surface area contributed by atoms with E-state index in [0.29, 0.717) is 17.2 Å². The van der Waals surface area contributed by atoms with Gasteiger partial charge in [0, 0.05) is 24.5 Å². The molecule has 0 N–H and O–H groups in total. The Morgan fingerprint density at radius 1 is 1.35 bits per heavy atom. The first kappa shape index (κ1) is 15.9. The lowest BCUT2D eigenvalue weighted by Gasteiger charge is -1.98. The van der Waals surface area contributed by atoms with E-state index in [0.717, 1.165) is 0 Å². The highest BCUT2D eigenvalue weighted by atomic mass is 32.2. The fraction of sp³-hybridized carbons (Fsp3) is 0.182. The van der Waals surface area contributed by atoms with Crippen molar-refractivity contribution in [2.24, 2.45) is 7.05 Å². The van der Waals surface area contributed by atoms with Gasteiger partial charge in [-0.1, -0.05) is 0 Å². The van der Waals surface area contributed by atoms with E-state index in [1.165, 1.54) is 22.9 Å². The number of rotatable bonds is 1. The number of nitrogens with zero attached hydrogens (tertiary/aromatic N) is 2. The zero-order valence-corrected chi connectivity index (χ0v) is 11.4. The van der Waals surface area contributed by atoms with Crippen LogP contribution < -0.4 is 4.57 Å². The van der Waals surface area contributed by atoms with Crippen LogP contribution in [0.1, 0.15) is 0 Å². The van der Waals surface area contributed by atoms with Crippen molar-refractivity contribution < 1.29 is 26.9 Å². The predicted molar refractivity (Wildman–Crippen MR) is 67.4 cm³/mol. The molecule has 9 heteroatoms. The molecule has 0 bridgehead atoms. The quantitative estimate of drug-likeness (QED) is 0.336. The molecule has 0 fully saturated rings. The van der Waals surface area contributed by atoms with Crippen LogP contribution in [-0.4, -0.2) is 24.1 Å². The first-order chi connectivity index (χ1) is 9.09. The molecule has 20 heavy (non-hydrogen) atoms. The number of nitro groups is 1. The van der Waals surface area contributed by atoms with E-state index in [1.807, 2.05) is 0 Å². The fourth-order valence-electron chi connectivity index (χ4n) is 1.59. The molecule has 0 radical (unpaired) electrons. The number of pyridine rings is 1. The van der Waals surface area contributed by atoms with Gasteiger partial charge in [0.25, 0.3) is 5.69 Å². The normalized spacial score (nSPS) is 10.8. The Hall–Kier alpha value is -2.13. The maximum Gasteiger partial charge on any atom is 0.283 e. The van der Waals surface area contributed by atoms with Crippen LogP contribution in [0.2, 0.25) is 0 Å². The molecule has 0 saturated carbocycles. The minimum absolute atomic E-state index is 0.0809. The van der Waals surface area contributed by atoms with Crippen molar-refractivity contribution in [2.45, 2.75) is 0 Å².